The average Bonchev–Trinajstić information content (AvgIpc) is 2.87. The smallest absolute Gasteiger partial charge is 0.265 e. The normalized spacial score (nSPS) is 15.7. The zero-order valence-corrected chi connectivity index (χ0v) is 15.5. The maximum absolute atomic E-state index is 13.7. The monoisotopic (exact) mass is 384 g/mol. The average molecular weight is 384 g/mol. The van der Waals surface area contributed by atoms with Crippen molar-refractivity contribution < 1.29 is 17.6 Å². The Morgan fingerprint density at radius 2 is 1.81 bits per heavy atom. The molecule has 138 valence electrons. The Hall–Kier alpha value is -2.93. The van der Waals surface area contributed by atoms with E-state index >= 15 is 0 Å². The third-order valence-corrected chi connectivity index (χ3v) is 6.72. The molecule has 1 heterocycles. The number of sulfonamides is 1. The first-order chi connectivity index (χ1) is 12.8. The van der Waals surface area contributed by atoms with Crippen LogP contribution in [0.5, 0.6) is 0 Å². The van der Waals surface area contributed by atoms with Gasteiger partial charge in [0.15, 0.2) is 0 Å². The molecule has 0 radical (unpaired) electrons. The Morgan fingerprint density at radius 3 is 2.52 bits per heavy atom. The van der Waals surface area contributed by atoms with Crippen LogP contribution in [0, 0.1) is 12.7 Å². The molecule has 0 saturated carbocycles. The van der Waals surface area contributed by atoms with Crippen molar-refractivity contribution >= 4 is 38.1 Å². The number of carbonyl (C=O) groups excluding carboxylic acids is 1. The van der Waals surface area contributed by atoms with Gasteiger partial charge in [-0.3, -0.25) is 9.10 Å². The van der Waals surface area contributed by atoms with Gasteiger partial charge in [-0.1, -0.05) is 30.3 Å². The van der Waals surface area contributed by atoms with Crippen LogP contribution in [-0.2, 0) is 14.8 Å². The predicted octanol–water partition coefficient (Wildman–Crippen LogP) is 3.82. The van der Waals surface area contributed by atoms with Crippen molar-refractivity contribution in [2.75, 3.05) is 9.62 Å². The van der Waals surface area contributed by atoms with E-state index in [1.54, 1.807) is 43.3 Å². The van der Waals surface area contributed by atoms with Crippen LogP contribution < -0.4 is 9.62 Å². The topological polar surface area (TPSA) is 66.5 Å². The molecule has 1 N–H and O–H groups in total. The number of aryl methyl sites for hydroxylation is 1. The molecule has 1 aliphatic heterocycles. The quantitative estimate of drug-likeness (QED) is 0.746. The molecule has 5 nitrogen and oxygen atoms in total. The standard InChI is InChI=1S/C20H17FN2O3S/c1-12-9-10-15(11-16(12)21)22-20(24)13(2)23-17-7-3-5-14-6-4-8-18(19(14)17)27(23,25)26/h3-11,13H,1-2H3,(H,22,24)/t13-/m0/s1. The van der Waals surface area contributed by atoms with Crippen molar-refractivity contribution in [2.24, 2.45) is 0 Å². The number of anilines is 2. The van der Waals surface area contributed by atoms with Crippen LogP contribution in [0.3, 0.4) is 0 Å². The highest BCUT2D eigenvalue weighted by Crippen LogP contribution is 2.43. The van der Waals surface area contributed by atoms with Crippen molar-refractivity contribution in [2.45, 2.75) is 24.8 Å². The van der Waals surface area contributed by atoms with Gasteiger partial charge in [0.05, 0.1) is 10.6 Å². The molecule has 0 bridgehead atoms. The third kappa shape index (κ3) is 2.66. The van der Waals surface area contributed by atoms with Crippen LogP contribution in [-0.4, -0.2) is 20.4 Å². The minimum atomic E-state index is -3.85. The number of carbonyl (C=O) groups is 1. The highest BCUT2D eigenvalue weighted by atomic mass is 32.2. The van der Waals surface area contributed by atoms with Crippen molar-refractivity contribution in [1.82, 2.24) is 0 Å². The van der Waals surface area contributed by atoms with Gasteiger partial charge in [-0.2, -0.15) is 0 Å². The fourth-order valence-electron chi connectivity index (χ4n) is 3.36. The lowest BCUT2D eigenvalue weighted by Crippen LogP contribution is -2.44. The Labute approximate surface area is 156 Å². The fourth-order valence-corrected chi connectivity index (χ4v) is 5.23. The van der Waals surface area contributed by atoms with E-state index in [0.29, 0.717) is 16.6 Å². The van der Waals surface area contributed by atoms with E-state index in [1.807, 2.05) is 12.1 Å². The maximum atomic E-state index is 13.7. The number of benzene rings is 3. The van der Waals surface area contributed by atoms with Crippen molar-refractivity contribution in [3.8, 4) is 0 Å². The minimum Gasteiger partial charge on any atom is -0.324 e. The molecule has 0 unspecified atom stereocenters. The number of amides is 1. The van der Waals surface area contributed by atoms with Gasteiger partial charge in [-0.15, -0.1) is 0 Å². The molecule has 1 aliphatic rings. The van der Waals surface area contributed by atoms with E-state index in [-0.39, 0.29) is 10.6 Å². The van der Waals surface area contributed by atoms with Crippen LogP contribution in [0.25, 0.3) is 10.8 Å². The highest BCUT2D eigenvalue weighted by Gasteiger charge is 2.40. The van der Waals surface area contributed by atoms with Crippen LogP contribution >= 0.6 is 0 Å². The summed E-state index contributed by atoms with van der Waals surface area (Å²) < 4.78 is 41.0. The van der Waals surface area contributed by atoms with Crippen LogP contribution in [0.2, 0.25) is 0 Å². The summed E-state index contributed by atoms with van der Waals surface area (Å²) >= 11 is 0. The van der Waals surface area contributed by atoms with Gasteiger partial charge in [0, 0.05) is 11.1 Å². The summed E-state index contributed by atoms with van der Waals surface area (Å²) in [7, 11) is -3.85. The Morgan fingerprint density at radius 1 is 1.11 bits per heavy atom. The Kier molecular flexibility index (Phi) is 3.92. The SMILES string of the molecule is Cc1ccc(NC(=O)[C@H](C)N2c3cccc4cccc(c34)S2(=O)=O)cc1F. The maximum Gasteiger partial charge on any atom is 0.265 e. The van der Waals surface area contributed by atoms with E-state index in [4.69, 9.17) is 0 Å². The predicted molar refractivity (Wildman–Crippen MR) is 103 cm³/mol. The summed E-state index contributed by atoms with van der Waals surface area (Å²) in [5.74, 6) is -0.974. The second-order valence-electron chi connectivity index (χ2n) is 6.56. The number of hydrogen-bond donors (Lipinski definition) is 1. The summed E-state index contributed by atoms with van der Waals surface area (Å²) in [6.07, 6.45) is 0. The molecule has 1 amide bonds. The lowest BCUT2D eigenvalue weighted by atomic mass is 10.1. The van der Waals surface area contributed by atoms with Crippen molar-refractivity contribution in [1.29, 1.82) is 0 Å². The molecule has 27 heavy (non-hydrogen) atoms. The zero-order chi connectivity index (χ0) is 19.3. The van der Waals surface area contributed by atoms with Gasteiger partial charge in [-0.05, 0) is 49.1 Å². The number of halogens is 1. The molecule has 0 aliphatic carbocycles. The van der Waals surface area contributed by atoms with E-state index in [9.17, 15) is 17.6 Å². The van der Waals surface area contributed by atoms with Gasteiger partial charge < -0.3 is 5.32 Å². The molecule has 3 aromatic rings. The summed E-state index contributed by atoms with van der Waals surface area (Å²) in [5.41, 5.74) is 1.22. The van der Waals surface area contributed by atoms with Crippen molar-refractivity contribution in [3.05, 3.63) is 66.0 Å². The van der Waals surface area contributed by atoms with Gasteiger partial charge >= 0.3 is 0 Å². The molecule has 7 heteroatoms. The van der Waals surface area contributed by atoms with E-state index in [0.717, 1.165) is 9.69 Å². The van der Waals surface area contributed by atoms with E-state index in [1.165, 1.54) is 13.0 Å². The number of hydrogen-bond acceptors (Lipinski definition) is 3. The Balaban J connectivity index is 1.72. The molecule has 3 aromatic carbocycles. The summed E-state index contributed by atoms with van der Waals surface area (Å²) in [4.78, 5) is 12.9. The van der Waals surface area contributed by atoms with Gasteiger partial charge in [0.2, 0.25) is 5.91 Å². The zero-order valence-electron chi connectivity index (χ0n) is 14.7. The third-order valence-electron chi connectivity index (χ3n) is 4.79. The summed E-state index contributed by atoms with van der Waals surface area (Å²) in [6.45, 7) is 3.14. The lowest BCUT2D eigenvalue weighted by molar-refractivity contribution is -0.116. The van der Waals surface area contributed by atoms with E-state index < -0.39 is 27.8 Å². The van der Waals surface area contributed by atoms with Crippen LogP contribution in [0.4, 0.5) is 15.8 Å². The van der Waals surface area contributed by atoms with Crippen LogP contribution in [0.1, 0.15) is 12.5 Å². The molecule has 0 spiro atoms. The molecule has 1 atom stereocenters. The van der Waals surface area contributed by atoms with Crippen molar-refractivity contribution in [3.63, 3.8) is 0 Å². The fraction of sp³-hybridized carbons (Fsp3) is 0.150. The summed E-state index contributed by atoms with van der Waals surface area (Å²) in [6, 6.07) is 13.7. The molecular weight excluding hydrogens is 367 g/mol. The minimum absolute atomic E-state index is 0.191. The van der Waals surface area contributed by atoms with Gasteiger partial charge in [0.25, 0.3) is 10.0 Å². The second-order valence-corrected chi connectivity index (χ2v) is 8.34. The number of nitrogens with zero attached hydrogens (tertiary/aromatic N) is 1. The molecule has 4 rings (SSSR count). The van der Waals surface area contributed by atoms with Gasteiger partial charge in [-0.25, -0.2) is 12.8 Å². The van der Waals surface area contributed by atoms with E-state index in [2.05, 4.69) is 5.32 Å². The highest BCUT2D eigenvalue weighted by molar-refractivity contribution is 7.93. The molecular formula is C20H17FN2O3S. The lowest BCUT2D eigenvalue weighted by Gasteiger charge is -2.25. The van der Waals surface area contributed by atoms with Gasteiger partial charge in [0.1, 0.15) is 11.9 Å². The summed E-state index contributed by atoms with van der Waals surface area (Å²) in [5, 5.41) is 4.01. The number of rotatable bonds is 3. The first-order valence-corrected chi connectivity index (χ1v) is 9.88. The molecule has 0 fully saturated rings. The first kappa shape index (κ1) is 17.5. The molecule has 0 aromatic heterocycles. The largest absolute Gasteiger partial charge is 0.324 e. The van der Waals surface area contributed by atoms with Crippen LogP contribution in [0.15, 0.2) is 59.5 Å². The Bertz CT molecular complexity index is 1190. The second kappa shape index (κ2) is 6.06. The first-order valence-electron chi connectivity index (χ1n) is 8.44. The number of nitrogens with one attached hydrogen (secondary N) is 1. The molecule has 0 saturated heterocycles.